The molecule has 4 rings (SSSR count). The Morgan fingerprint density at radius 2 is 1.97 bits per heavy atom. The van der Waals surface area contributed by atoms with Crippen molar-refractivity contribution in [2.45, 2.75) is 6.61 Å². The molecule has 0 aliphatic rings. The molecule has 0 bridgehead atoms. The number of amides is 1. The van der Waals surface area contributed by atoms with Crippen LogP contribution in [0.2, 0.25) is 5.02 Å². The highest BCUT2D eigenvalue weighted by atomic mass is 35.5. The van der Waals surface area contributed by atoms with Gasteiger partial charge in [0.05, 0.1) is 22.5 Å². The van der Waals surface area contributed by atoms with E-state index in [1.807, 2.05) is 0 Å². The van der Waals surface area contributed by atoms with Crippen molar-refractivity contribution in [2.24, 2.45) is 7.05 Å². The summed E-state index contributed by atoms with van der Waals surface area (Å²) in [5.74, 6) is -0.501. The smallest absolute Gasteiger partial charge is 0.255 e. The van der Waals surface area contributed by atoms with Crippen molar-refractivity contribution in [2.75, 3.05) is 24.7 Å². The Kier molecular flexibility index (Phi) is 6.48. The van der Waals surface area contributed by atoms with Gasteiger partial charge in [0.1, 0.15) is 35.2 Å². The molecule has 1 amide bonds. The van der Waals surface area contributed by atoms with Crippen LogP contribution in [0.3, 0.4) is 0 Å². The number of rotatable bonds is 7. The molecule has 1 N–H and O–H groups in total. The van der Waals surface area contributed by atoms with Crippen LogP contribution < -0.4 is 14.4 Å². The van der Waals surface area contributed by atoms with E-state index in [-0.39, 0.29) is 35.0 Å². The number of hydrogen-bond donors (Lipinski definition) is 1. The first-order valence-electron chi connectivity index (χ1n) is 10.3. The number of ether oxygens (including phenoxy) is 1. The van der Waals surface area contributed by atoms with Gasteiger partial charge < -0.3 is 14.5 Å². The van der Waals surface area contributed by atoms with Crippen LogP contribution in [0.1, 0.15) is 16.1 Å². The van der Waals surface area contributed by atoms with Crippen molar-refractivity contribution in [3.05, 3.63) is 64.7 Å². The zero-order chi connectivity index (χ0) is 25.5. The molecule has 2 aromatic carbocycles. The van der Waals surface area contributed by atoms with Gasteiger partial charge in [-0.05, 0) is 30.3 Å². The van der Waals surface area contributed by atoms with Gasteiger partial charge in [-0.25, -0.2) is 12.8 Å². The van der Waals surface area contributed by atoms with Crippen molar-refractivity contribution in [1.29, 1.82) is 0 Å². The molecule has 2 aromatic heterocycles. The van der Waals surface area contributed by atoms with Gasteiger partial charge in [0.2, 0.25) is 10.0 Å². The molecule has 184 valence electrons. The number of aromatic nitrogens is 2. The van der Waals surface area contributed by atoms with Gasteiger partial charge in [-0.15, -0.1) is 0 Å². The summed E-state index contributed by atoms with van der Waals surface area (Å²) in [7, 11) is 0.890. The number of nitrogens with zero attached hydrogens (tertiary/aromatic N) is 3. The molecule has 35 heavy (non-hydrogen) atoms. The minimum absolute atomic E-state index is 0.0479. The van der Waals surface area contributed by atoms with E-state index in [4.69, 9.17) is 20.8 Å². The van der Waals surface area contributed by atoms with E-state index in [9.17, 15) is 17.6 Å². The zero-order valence-corrected chi connectivity index (χ0v) is 20.9. The number of benzene rings is 2. The van der Waals surface area contributed by atoms with Crippen molar-refractivity contribution in [3.8, 4) is 17.1 Å². The lowest BCUT2D eigenvalue weighted by atomic mass is 10.0. The fourth-order valence-electron chi connectivity index (χ4n) is 3.56. The fourth-order valence-corrected chi connectivity index (χ4v) is 4.29. The molecule has 0 saturated heterocycles. The lowest BCUT2D eigenvalue weighted by Gasteiger charge is -2.20. The highest BCUT2D eigenvalue weighted by Gasteiger charge is 2.26. The van der Waals surface area contributed by atoms with Gasteiger partial charge in [0, 0.05) is 44.4 Å². The van der Waals surface area contributed by atoms with Crippen LogP contribution in [-0.4, -0.2) is 44.5 Å². The van der Waals surface area contributed by atoms with E-state index >= 15 is 0 Å². The van der Waals surface area contributed by atoms with E-state index in [0.717, 1.165) is 10.6 Å². The molecule has 0 radical (unpaired) electrons. The largest absolute Gasteiger partial charge is 0.485 e. The van der Waals surface area contributed by atoms with Gasteiger partial charge in [0.15, 0.2) is 0 Å². The molecule has 0 unspecified atom stereocenters. The Hall–Kier alpha value is -3.57. The Labute approximate surface area is 206 Å². The highest BCUT2D eigenvalue weighted by molar-refractivity contribution is 7.92. The molecule has 2 heterocycles. The highest BCUT2D eigenvalue weighted by Crippen LogP contribution is 2.41. The van der Waals surface area contributed by atoms with Crippen LogP contribution >= 0.6 is 11.6 Å². The number of nitrogens with one attached hydrogen (secondary N) is 1. The van der Waals surface area contributed by atoms with E-state index in [2.05, 4.69) is 10.4 Å². The minimum atomic E-state index is -3.67. The number of halogens is 2. The lowest BCUT2D eigenvalue weighted by Crippen LogP contribution is -2.25. The Balaban J connectivity index is 1.92. The topological polar surface area (TPSA) is 107 Å². The van der Waals surface area contributed by atoms with Gasteiger partial charge in [-0.3, -0.25) is 13.8 Å². The second-order valence-corrected chi connectivity index (χ2v) is 10.2. The number of carbonyl (C=O) groups is 1. The molecular weight excluding hydrogens is 499 g/mol. The molecule has 4 aromatic rings. The monoisotopic (exact) mass is 520 g/mol. The van der Waals surface area contributed by atoms with E-state index in [1.165, 1.54) is 55.2 Å². The SMILES string of the molecule is CNC(=O)c1c(-c2ccc(F)cc2)oc2cc(N(C)S(C)(=O)=O)c(OCc3nn(C)cc3Cl)cc12. The maximum Gasteiger partial charge on any atom is 0.255 e. The third kappa shape index (κ3) is 4.82. The predicted molar refractivity (Wildman–Crippen MR) is 131 cm³/mol. The molecule has 12 heteroatoms. The van der Waals surface area contributed by atoms with Crippen LogP contribution in [0.4, 0.5) is 10.1 Å². The maximum absolute atomic E-state index is 13.5. The first-order chi connectivity index (χ1) is 16.5. The van der Waals surface area contributed by atoms with Crippen molar-refractivity contribution in [1.82, 2.24) is 15.1 Å². The second kappa shape index (κ2) is 9.23. The molecule has 9 nitrogen and oxygen atoms in total. The minimum Gasteiger partial charge on any atom is -0.485 e. The summed E-state index contributed by atoms with van der Waals surface area (Å²) in [4.78, 5) is 12.8. The van der Waals surface area contributed by atoms with Crippen LogP contribution in [0.25, 0.3) is 22.3 Å². The summed E-state index contributed by atoms with van der Waals surface area (Å²) in [6.45, 7) is -0.0479. The normalized spacial score (nSPS) is 11.6. The number of aryl methyl sites for hydroxylation is 1. The van der Waals surface area contributed by atoms with E-state index in [1.54, 1.807) is 13.2 Å². The number of carbonyl (C=O) groups excluding carboxylic acids is 1. The standard InChI is InChI=1S/C23H22ClFN4O5S/c1-26-23(30)21-15-9-20(33-12-17-16(24)11-28(2)27-17)18(29(3)35(4,31)32)10-19(15)34-22(21)13-5-7-14(25)8-6-13/h5-11H,12H2,1-4H3,(H,26,30). The fraction of sp³-hybridized carbons (Fsp3) is 0.217. The van der Waals surface area contributed by atoms with Crippen LogP contribution in [-0.2, 0) is 23.7 Å². The van der Waals surface area contributed by atoms with Crippen molar-refractivity contribution >= 4 is 44.2 Å². The van der Waals surface area contributed by atoms with Gasteiger partial charge >= 0.3 is 0 Å². The Morgan fingerprint density at radius 3 is 2.54 bits per heavy atom. The average Bonchev–Trinajstić information content (AvgIpc) is 3.34. The zero-order valence-electron chi connectivity index (χ0n) is 19.3. The predicted octanol–water partition coefficient (Wildman–Crippen LogP) is 3.96. The van der Waals surface area contributed by atoms with Crippen molar-refractivity contribution in [3.63, 3.8) is 0 Å². The average molecular weight is 521 g/mol. The molecule has 0 aliphatic carbocycles. The molecule has 0 atom stereocenters. The third-order valence-corrected chi connectivity index (χ3v) is 6.89. The summed E-state index contributed by atoms with van der Waals surface area (Å²) in [5, 5.41) is 7.59. The number of furan rings is 1. The number of sulfonamides is 1. The molecule has 0 saturated carbocycles. The van der Waals surface area contributed by atoms with Gasteiger partial charge in [-0.1, -0.05) is 11.6 Å². The second-order valence-electron chi connectivity index (χ2n) is 7.82. The lowest BCUT2D eigenvalue weighted by molar-refractivity contribution is 0.0964. The van der Waals surface area contributed by atoms with Gasteiger partial charge in [0.25, 0.3) is 5.91 Å². The van der Waals surface area contributed by atoms with E-state index < -0.39 is 21.7 Å². The summed E-state index contributed by atoms with van der Waals surface area (Å²) in [6.07, 6.45) is 2.67. The van der Waals surface area contributed by atoms with Crippen LogP contribution in [0.15, 0.2) is 47.0 Å². The molecule has 0 aliphatic heterocycles. The summed E-state index contributed by atoms with van der Waals surface area (Å²) in [6, 6.07) is 8.50. The number of hydrogen-bond acceptors (Lipinski definition) is 6. The molecule has 0 spiro atoms. The quantitative estimate of drug-likeness (QED) is 0.395. The summed E-state index contributed by atoms with van der Waals surface area (Å²) < 4.78 is 52.7. The first kappa shape index (κ1) is 24.6. The number of anilines is 1. The molecular formula is C23H22ClFN4O5S. The maximum atomic E-state index is 13.5. The Bertz CT molecular complexity index is 1530. The first-order valence-corrected chi connectivity index (χ1v) is 12.6. The molecule has 0 fully saturated rings. The van der Waals surface area contributed by atoms with Crippen molar-refractivity contribution < 1.29 is 26.8 Å². The number of fused-ring (bicyclic) bond motifs is 1. The Morgan fingerprint density at radius 1 is 1.29 bits per heavy atom. The van der Waals surface area contributed by atoms with E-state index in [0.29, 0.717) is 21.7 Å². The van der Waals surface area contributed by atoms with Crippen LogP contribution in [0, 0.1) is 5.82 Å². The summed E-state index contributed by atoms with van der Waals surface area (Å²) >= 11 is 6.18. The van der Waals surface area contributed by atoms with Crippen LogP contribution in [0.5, 0.6) is 5.75 Å². The third-order valence-electron chi connectivity index (χ3n) is 5.39. The summed E-state index contributed by atoms with van der Waals surface area (Å²) in [5.41, 5.74) is 1.56. The van der Waals surface area contributed by atoms with Gasteiger partial charge in [-0.2, -0.15) is 5.10 Å².